The van der Waals surface area contributed by atoms with Gasteiger partial charge in [0.15, 0.2) is 0 Å². The third kappa shape index (κ3) is 2.16. The Labute approximate surface area is 124 Å². The van der Waals surface area contributed by atoms with Crippen molar-refractivity contribution in [3.05, 3.63) is 40.5 Å². The summed E-state index contributed by atoms with van der Waals surface area (Å²) in [5.41, 5.74) is 1.66. The third-order valence-corrected chi connectivity index (χ3v) is 3.77. The van der Waals surface area contributed by atoms with E-state index in [0.29, 0.717) is 0 Å². The molecule has 3 amide bonds. The molecular formula is C14H12BrN3O2. The number of amides is 3. The molecule has 1 fully saturated rings. The molecule has 2 aromatic rings. The lowest BCUT2D eigenvalue weighted by atomic mass is 10.1. The van der Waals surface area contributed by atoms with Gasteiger partial charge < -0.3 is 4.90 Å². The van der Waals surface area contributed by atoms with Gasteiger partial charge in [-0.3, -0.25) is 14.7 Å². The molecule has 0 N–H and O–H groups in total. The number of nitrogens with zero attached hydrogens (tertiary/aromatic N) is 3. The van der Waals surface area contributed by atoms with Crippen LogP contribution in [0, 0.1) is 0 Å². The second kappa shape index (κ2) is 4.86. The van der Waals surface area contributed by atoms with Crippen LogP contribution in [-0.4, -0.2) is 40.3 Å². The first-order chi connectivity index (χ1) is 9.56. The highest BCUT2D eigenvalue weighted by molar-refractivity contribution is 9.10. The molecule has 0 unspecified atom stereocenters. The van der Waals surface area contributed by atoms with Crippen LogP contribution < -0.4 is 0 Å². The Morgan fingerprint density at radius 3 is 2.85 bits per heavy atom. The number of pyridine rings is 1. The zero-order chi connectivity index (χ0) is 14.3. The lowest BCUT2D eigenvalue weighted by molar-refractivity contribution is -0.125. The normalized spacial score (nSPS) is 15.5. The van der Waals surface area contributed by atoms with Crippen LogP contribution in [0.3, 0.4) is 0 Å². The molecule has 1 aromatic heterocycles. The maximum Gasteiger partial charge on any atom is 0.327 e. The SMILES string of the molecule is CN1CC(=O)N(Cc2cc(Br)cc3cccnc23)C1=O. The van der Waals surface area contributed by atoms with Crippen LogP contribution in [0.2, 0.25) is 0 Å². The molecule has 0 atom stereocenters. The van der Waals surface area contributed by atoms with Gasteiger partial charge in [-0.05, 0) is 23.8 Å². The minimum absolute atomic E-state index is 0.137. The molecule has 1 aliphatic rings. The average molecular weight is 334 g/mol. The van der Waals surface area contributed by atoms with Gasteiger partial charge in [0.1, 0.15) is 6.54 Å². The summed E-state index contributed by atoms with van der Waals surface area (Å²) in [6.07, 6.45) is 1.71. The Kier molecular flexibility index (Phi) is 3.17. The largest absolute Gasteiger partial charge is 0.327 e. The predicted molar refractivity (Wildman–Crippen MR) is 78.0 cm³/mol. The van der Waals surface area contributed by atoms with E-state index < -0.39 is 0 Å². The maximum absolute atomic E-state index is 11.9. The Morgan fingerprint density at radius 1 is 1.35 bits per heavy atom. The molecule has 1 aliphatic heterocycles. The fraction of sp³-hybridized carbons (Fsp3) is 0.214. The highest BCUT2D eigenvalue weighted by atomic mass is 79.9. The summed E-state index contributed by atoms with van der Waals surface area (Å²) in [7, 11) is 1.62. The molecule has 6 heteroatoms. The van der Waals surface area contributed by atoms with Gasteiger partial charge in [-0.15, -0.1) is 0 Å². The number of imide groups is 1. The molecule has 0 spiro atoms. The number of benzene rings is 1. The van der Waals surface area contributed by atoms with Crippen molar-refractivity contribution >= 4 is 38.8 Å². The summed E-state index contributed by atoms with van der Waals surface area (Å²) in [5, 5.41) is 0.976. The molecule has 1 aromatic carbocycles. The third-order valence-electron chi connectivity index (χ3n) is 3.31. The summed E-state index contributed by atoms with van der Waals surface area (Å²) in [4.78, 5) is 30.8. The monoisotopic (exact) mass is 333 g/mol. The highest BCUT2D eigenvalue weighted by Gasteiger charge is 2.33. The topological polar surface area (TPSA) is 53.5 Å². The molecule has 20 heavy (non-hydrogen) atoms. The fourth-order valence-electron chi connectivity index (χ4n) is 2.34. The Hall–Kier alpha value is -1.95. The summed E-state index contributed by atoms with van der Waals surface area (Å²) < 4.78 is 0.903. The van der Waals surface area contributed by atoms with E-state index in [0.717, 1.165) is 20.9 Å². The van der Waals surface area contributed by atoms with E-state index in [9.17, 15) is 9.59 Å². The number of urea groups is 1. The second-order valence-corrected chi connectivity index (χ2v) is 5.67. The van der Waals surface area contributed by atoms with Crippen LogP contribution in [0.25, 0.3) is 10.9 Å². The number of hydrogen-bond acceptors (Lipinski definition) is 3. The minimum atomic E-state index is -0.265. The smallest absolute Gasteiger partial charge is 0.318 e. The summed E-state index contributed by atoms with van der Waals surface area (Å²) >= 11 is 3.45. The van der Waals surface area contributed by atoms with Crippen LogP contribution in [0.15, 0.2) is 34.9 Å². The van der Waals surface area contributed by atoms with Gasteiger partial charge in [-0.25, -0.2) is 4.79 Å². The van der Waals surface area contributed by atoms with Crippen molar-refractivity contribution in [2.75, 3.05) is 13.6 Å². The van der Waals surface area contributed by atoms with Crippen molar-refractivity contribution in [1.82, 2.24) is 14.8 Å². The van der Waals surface area contributed by atoms with Gasteiger partial charge >= 0.3 is 6.03 Å². The number of halogens is 1. The van der Waals surface area contributed by atoms with E-state index in [1.54, 1.807) is 13.2 Å². The number of hydrogen-bond donors (Lipinski definition) is 0. The van der Waals surface area contributed by atoms with Gasteiger partial charge in [0, 0.05) is 23.1 Å². The average Bonchev–Trinajstić information content (AvgIpc) is 2.65. The number of carbonyl (C=O) groups excluding carboxylic acids is 2. The fourth-order valence-corrected chi connectivity index (χ4v) is 2.87. The van der Waals surface area contributed by atoms with Gasteiger partial charge in [0.2, 0.25) is 0 Å². The zero-order valence-electron chi connectivity index (χ0n) is 10.8. The molecule has 1 saturated heterocycles. The van der Waals surface area contributed by atoms with Crippen molar-refractivity contribution in [2.24, 2.45) is 0 Å². The van der Waals surface area contributed by atoms with Crippen molar-refractivity contribution in [3.8, 4) is 0 Å². The van der Waals surface area contributed by atoms with E-state index >= 15 is 0 Å². The lowest BCUT2D eigenvalue weighted by Crippen LogP contribution is -2.31. The molecule has 0 bridgehead atoms. The molecular weight excluding hydrogens is 322 g/mol. The molecule has 2 heterocycles. The van der Waals surface area contributed by atoms with E-state index in [2.05, 4.69) is 20.9 Å². The summed E-state index contributed by atoms with van der Waals surface area (Å²) in [6.45, 7) is 0.382. The van der Waals surface area contributed by atoms with Crippen molar-refractivity contribution < 1.29 is 9.59 Å². The number of likely N-dealkylation sites (N-methyl/N-ethyl adjacent to an activating group) is 1. The Balaban J connectivity index is 2.03. The van der Waals surface area contributed by atoms with Gasteiger partial charge in [0.25, 0.3) is 5.91 Å². The van der Waals surface area contributed by atoms with E-state index in [1.807, 2.05) is 24.3 Å². The minimum Gasteiger partial charge on any atom is -0.318 e. The second-order valence-electron chi connectivity index (χ2n) is 4.76. The van der Waals surface area contributed by atoms with Crippen LogP contribution in [-0.2, 0) is 11.3 Å². The molecule has 3 rings (SSSR count). The quantitative estimate of drug-likeness (QED) is 0.793. The van der Waals surface area contributed by atoms with E-state index in [4.69, 9.17) is 0 Å². The zero-order valence-corrected chi connectivity index (χ0v) is 12.4. The lowest BCUT2D eigenvalue weighted by Gasteiger charge is -2.15. The first-order valence-corrected chi connectivity index (χ1v) is 6.94. The van der Waals surface area contributed by atoms with Gasteiger partial charge in [-0.1, -0.05) is 22.0 Å². The van der Waals surface area contributed by atoms with Crippen LogP contribution >= 0.6 is 15.9 Å². The van der Waals surface area contributed by atoms with Crippen molar-refractivity contribution in [3.63, 3.8) is 0 Å². The number of carbonyl (C=O) groups is 2. The molecule has 0 aliphatic carbocycles. The standard InChI is InChI=1S/C14H12BrN3O2/c1-17-8-12(19)18(14(17)20)7-10-6-11(15)5-9-3-2-4-16-13(9)10/h2-6H,7-8H2,1H3. The van der Waals surface area contributed by atoms with Crippen molar-refractivity contribution in [2.45, 2.75) is 6.54 Å². The van der Waals surface area contributed by atoms with Crippen LogP contribution in [0.4, 0.5) is 4.79 Å². The molecule has 0 radical (unpaired) electrons. The van der Waals surface area contributed by atoms with Gasteiger partial charge in [0.05, 0.1) is 12.1 Å². The highest BCUT2D eigenvalue weighted by Crippen LogP contribution is 2.25. The Morgan fingerprint density at radius 2 is 2.15 bits per heavy atom. The molecule has 102 valence electrons. The number of rotatable bonds is 2. The van der Waals surface area contributed by atoms with Crippen LogP contribution in [0.1, 0.15) is 5.56 Å². The Bertz CT molecular complexity index is 717. The maximum atomic E-state index is 11.9. The molecule has 0 saturated carbocycles. The van der Waals surface area contributed by atoms with Crippen LogP contribution in [0.5, 0.6) is 0 Å². The number of fused-ring (bicyclic) bond motifs is 1. The predicted octanol–water partition coefficient (Wildman–Crippen LogP) is 2.39. The first-order valence-electron chi connectivity index (χ1n) is 6.15. The summed E-state index contributed by atoms with van der Waals surface area (Å²) in [5.74, 6) is -0.179. The molecule has 5 nitrogen and oxygen atoms in total. The number of aromatic nitrogens is 1. The summed E-state index contributed by atoms with van der Waals surface area (Å²) in [6, 6.07) is 7.41. The first kappa shape index (κ1) is 13.1. The van der Waals surface area contributed by atoms with E-state index in [1.165, 1.54) is 9.80 Å². The van der Waals surface area contributed by atoms with Crippen molar-refractivity contribution in [1.29, 1.82) is 0 Å². The van der Waals surface area contributed by atoms with E-state index in [-0.39, 0.29) is 25.0 Å². The van der Waals surface area contributed by atoms with Gasteiger partial charge in [-0.2, -0.15) is 0 Å².